The number of amides is 1. The average molecular weight is 329 g/mol. The predicted molar refractivity (Wildman–Crippen MR) is 98.1 cm³/mol. The molecule has 0 fully saturated rings. The van der Waals surface area contributed by atoms with E-state index in [9.17, 15) is 10.0 Å². The summed E-state index contributed by atoms with van der Waals surface area (Å²) in [4.78, 5) is 12.0. The molecular formula is C19H40N2O2. The molecule has 0 aliphatic rings. The molecule has 23 heavy (non-hydrogen) atoms. The van der Waals surface area contributed by atoms with Crippen LogP contribution in [0.2, 0.25) is 0 Å². The topological polar surface area (TPSA) is 56.6 Å². The van der Waals surface area contributed by atoms with E-state index in [0.29, 0.717) is 12.8 Å². The summed E-state index contributed by atoms with van der Waals surface area (Å²) in [6.07, 6.45) is 13.1. The maximum Gasteiger partial charge on any atom is 0.224 e. The van der Waals surface area contributed by atoms with Crippen molar-refractivity contribution in [2.45, 2.75) is 117 Å². The Kier molecular flexibility index (Phi) is 14.6. The third-order valence-corrected chi connectivity index (χ3v) is 4.69. The van der Waals surface area contributed by atoms with Crippen LogP contribution >= 0.6 is 0 Å². The zero-order valence-corrected chi connectivity index (χ0v) is 16.0. The van der Waals surface area contributed by atoms with Crippen molar-refractivity contribution in [1.82, 2.24) is 5.32 Å². The van der Waals surface area contributed by atoms with Gasteiger partial charge in [0.15, 0.2) is 6.17 Å². The summed E-state index contributed by atoms with van der Waals surface area (Å²) in [5.74, 6) is 0.0384. The average Bonchev–Trinajstić information content (AvgIpc) is 2.56. The van der Waals surface area contributed by atoms with Gasteiger partial charge in [0.1, 0.15) is 0 Å². The van der Waals surface area contributed by atoms with E-state index in [4.69, 9.17) is 0 Å². The Morgan fingerprint density at radius 2 is 1.43 bits per heavy atom. The second-order valence-corrected chi connectivity index (χ2v) is 6.82. The second kappa shape index (κ2) is 14.9. The molecule has 138 valence electrons. The van der Waals surface area contributed by atoms with Gasteiger partial charge in [0.2, 0.25) is 5.91 Å². The number of hydroxylamine groups is 2. The van der Waals surface area contributed by atoms with Gasteiger partial charge in [-0.1, -0.05) is 72.1 Å². The van der Waals surface area contributed by atoms with Crippen LogP contribution in [0.1, 0.15) is 105 Å². The van der Waals surface area contributed by atoms with Crippen molar-refractivity contribution in [3.63, 3.8) is 0 Å². The van der Waals surface area contributed by atoms with Crippen molar-refractivity contribution in [3.8, 4) is 0 Å². The second-order valence-electron chi connectivity index (χ2n) is 6.82. The number of quaternary nitrogens is 1. The van der Waals surface area contributed by atoms with Gasteiger partial charge in [-0.2, -0.15) is 0 Å². The Labute approximate surface area is 144 Å². The highest BCUT2D eigenvalue weighted by Crippen LogP contribution is 2.10. The van der Waals surface area contributed by atoms with Crippen LogP contribution < -0.4 is 10.4 Å². The highest BCUT2D eigenvalue weighted by Gasteiger charge is 2.19. The van der Waals surface area contributed by atoms with Gasteiger partial charge in [0.25, 0.3) is 0 Å². The largest absolute Gasteiger partial charge is 0.633 e. The van der Waals surface area contributed by atoms with E-state index in [1.165, 1.54) is 44.9 Å². The number of nitrogens with one attached hydrogen (secondary N) is 2. The molecule has 0 heterocycles. The lowest BCUT2D eigenvalue weighted by atomic mass is 10.1. The Hall–Kier alpha value is -0.610. The smallest absolute Gasteiger partial charge is 0.224 e. The zero-order valence-electron chi connectivity index (χ0n) is 16.0. The molecule has 4 nitrogen and oxygen atoms in total. The van der Waals surface area contributed by atoms with Crippen LogP contribution in [0.3, 0.4) is 0 Å². The van der Waals surface area contributed by atoms with Crippen molar-refractivity contribution < 1.29 is 9.86 Å². The van der Waals surface area contributed by atoms with E-state index in [-0.39, 0.29) is 23.2 Å². The molecule has 0 aliphatic carbocycles. The molecule has 0 bridgehead atoms. The van der Waals surface area contributed by atoms with E-state index in [1.807, 2.05) is 20.8 Å². The first-order valence-electron chi connectivity index (χ1n) is 9.89. The molecule has 0 rings (SSSR count). The summed E-state index contributed by atoms with van der Waals surface area (Å²) in [5.41, 5.74) is 0. The van der Waals surface area contributed by atoms with Gasteiger partial charge in [-0.25, -0.2) is 0 Å². The van der Waals surface area contributed by atoms with Crippen LogP contribution in [0.15, 0.2) is 0 Å². The van der Waals surface area contributed by atoms with Gasteiger partial charge >= 0.3 is 0 Å². The first-order chi connectivity index (χ1) is 11.1. The lowest BCUT2D eigenvalue weighted by molar-refractivity contribution is -0.902. The summed E-state index contributed by atoms with van der Waals surface area (Å²) in [5, 5.41) is 15.2. The highest BCUT2D eigenvalue weighted by atomic mass is 16.5. The fourth-order valence-electron chi connectivity index (χ4n) is 2.78. The molecule has 0 radical (unpaired) electrons. The number of unbranched alkanes of at least 4 members (excludes halogenated alkanes) is 8. The van der Waals surface area contributed by atoms with Crippen molar-refractivity contribution in [3.05, 3.63) is 5.21 Å². The Morgan fingerprint density at radius 1 is 0.913 bits per heavy atom. The quantitative estimate of drug-likeness (QED) is 0.272. The summed E-state index contributed by atoms with van der Waals surface area (Å²) in [6, 6.07) is 0.0351. The third-order valence-electron chi connectivity index (χ3n) is 4.69. The fourth-order valence-corrected chi connectivity index (χ4v) is 2.78. The summed E-state index contributed by atoms with van der Waals surface area (Å²) < 4.78 is 0. The molecule has 1 amide bonds. The Morgan fingerprint density at radius 3 is 1.91 bits per heavy atom. The van der Waals surface area contributed by atoms with Crippen LogP contribution in [0.25, 0.3) is 0 Å². The molecule has 0 aromatic carbocycles. The Bertz CT molecular complexity index is 285. The Balaban J connectivity index is 3.69. The van der Waals surface area contributed by atoms with Crippen LogP contribution in [0, 0.1) is 5.21 Å². The lowest BCUT2D eigenvalue weighted by Gasteiger charge is -2.35. The van der Waals surface area contributed by atoms with Gasteiger partial charge in [-0.3, -0.25) is 4.79 Å². The van der Waals surface area contributed by atoms with E-state index >= 15 is 0 Å². The molecule has 4 heteroatoms. The van der Waals surface area contributed by atoms with Crippen molar-refractivity contribution in [2.75, 3.05) is 0 Å². The number of carbonyl (C=O) groups excluding carboxylic acids is 1. The number of carbonyl (C=O) groups is 1. The fraction of sp³-hybridized carbons (Fsp3) is 0.947. The third kappa shape index (κ3) is 11.5. The molecule has 2 N–H and O–H groups in total. The molecule has 0 aliphatic heterocycles. The van der Waals surface area contributed by atoms with Crippen LogP contribution in [-0.4, -0.2) is 18.1 Å². The van der Waals surface area contributed by atoms with Crippen LogP contribution in [0.5, 0.6) is 0 Å². The molecule has 3 atom stereocenters. The van der Waals surface area contributed by atoms with E-state index in [2.05, 4.69) is 12.2 Å². The maximum atomic E-state index is 12.1. The highest BCUT2D eigenvalue weighted by molar-refractivity contribution is 5.75. The molecule has 0 saturated heterocycles. The minimum absolute atomic E-state index is 0.0351. The molecule has 0 saturated carbocycles. The normalized spacial score (nSPS) is 15.2. The molecule has 3 unspecified atom stereocenters. The van der Waals surface area contributed by atoms with Gasteiger partial charge in [0, 0.05) is 12.8 Å². The van der Waals surface area contributed by atoms with Gasteiger partial charge in [0.05, 0.1) is 6.04 Å². The zero-order chi connectivity index (χ0) is 17.5. The summed E-state index contributed by atoms with van der Waals surface area (Å²) in [6.45, 7) is 8.16. The first kappa shape index (κ1) is 22.4. The number of rotatable bonds is 15. The number of hydrogen-bond acceptors (Lipinski definition) is 2. The lowest BCUT2D eigenvalue weighted by Crippen LogP contribution is -3.16. The van der Waals surface area contributed by atoms with Gasteiger partial charge in [-0.05, 0) is 19.8 Å². The molecule has 0 aromatic rings. The van der Waals surface area contributed by atoms with E-state index in [0.717, 1.165) is 19.3 Å². The van der Waals surface area contributed by atoms with E-state index < -0.39 is 0 Å². The SMILES string of the molecule is CCCCCCCCCCCC(=O)NC(CC)[NH+]([O-])C(C)CC. The summed E-state index contributed by atoms with van der Waals surface area (Å²) in [7, 11) is 0. The van der Waals surface area contributed by atoms with Crippen LogP contribution in [-0.2, 0) is 4.79 Å². The van der Waals surface area contributed by atoms with Crippen molar-refractivity contribution in [1.29, 1.82) is 0 Å². The molecule has 0 spiro atoms. The predicted octanol–water partition coefficient (Wildman–Crippen LogP) is 3.94. The van der Waals surface area contributed by atoms with Crippen LogP contribution in [0.4, 0.5) is 0 Å². The summed E-state index contributed by atoms with van der Waals surface area (Å²) >= 11 is 0. The minimum atomic E-state index is -0.295. The molecule has 0 aromatic heterocycles. The minimum Gasteiger partial charge on any atom is -0.633 e. The standard InChI is InChI=1S/C19H40N2O2/c1-5-8-9-10-11-12-13-14-15-16-19(22)20-18(7-3)21(23)17(4)6-2/h17-18,21H,5-16H2,1-4H3,(H,20,22). The van der Waals surface area contributed by atoms with Crippen molar-refractivity contribution >= 4 is 5.91 Å². The number of hydrogen-bond donors (Lipinski definition) is 2. The van der Waals surface area contributed by atoms with Crippen molar-refractivity contribution in [2.24, 2.45) is 0 Å². The van der Waals surface area contributed by atoms with Gasteiger partial charge < -0.3 is 15.6 Å². The first-order valence-corrected chi connectivity index (χ1v) is 9.89. The maximum absolute atomic E-state index is 12.1. The molecular weight excluding hydrogens is 288 g/mol. The monoisotopic (exact) mass is 328 g/mol. The van der Waals surface area contributed by atoms with E-state index in [1.54, 1.807) is 0 Å². The van der Waals surface area contributed by atoms with Gasteiger partial charge in [-0.15, -0.1) is 0 Å².